The van der Waals surface area contributed by atoms with Crippen molar-refractivity contribution in [1.29, 1.82) is 0 Å². The Morgan fingerprint density at radius 2 is 2.03 bits per heavy atom. The van der Waals surface area contributed by atoms with Crippen molar-refractivity contribution in [2.45, 2.75) is 25.5 Å². The topological polar surface area (TPSA) is 119 Å². The molecule has 5 rings (SSSR count). The molecule has 3 aromatic rings. The van der Waals surface area contributed by atoms with Crippen LogP contribution in [0.3, 0.4) is 0 Å². The van der Waals surface area contributed by atoms with E-state index < -0.39 is 22.8 Å². The number of pyridine rings is 1. The van der Waals surface area contributed by atoms with E-state index in [2.05, 4.69) is 5.48 Å². The van der Waals surface area contributed by atoms with Crippen molar-refractivity contribution < 1.29 is 23.9 Å². The lowest BCUT2D eigenvalue weighted by molar-refractivity contribution is 0.0440. The summed E-state index contributed by atoms with van der Waals surface area (Å²) in [6, 6.07) is 10.8. The van der Waals surface area contributed by atoms with Crippen LogP contribution in [0.25, 0.3) is 10.9 Å². The molecule has 0 spiro atoms. The van der Waals surface area contributed by atoms with E-state index in [0.717, 1.165) is 24.5 Å². The average molecular weight is 495 g/mol. The van der Waals surface area contributed by atoms with E-state index >= 15 is 4.39 Å². The number of hydrogen-bond acceptors (Lipinski definition) is 7. The summed E-state index contributed by atoms with van der Waals surface area (Å²) in [6.45, 7) is 1.01. The Bertz CT molecular complexity index is 1400. The highest BCUT2D eigenvalue weighted by Crippen LogP contribution is 2.44. The first kappa shape index (κ1) is 23.8. The Balaban J connectivity index is 1.54. The normalized spacial score (nSPS) is 17.4. The number of carboxylic acid groups (broad SMARTS) is 1. The van der Waals surface area contributed by atoms with E-state index in [1.165, 1.54) is 13.3 Å². The molecule has 0 saturated heterocycles. The number of anilines is 1. The molecule has 1 aromatic heterocycles. The number of benzene rings is 2. The van der Waals surface area contributed by atoms with Crippen LogP contribution in [-0.2, 0) is 11.4 Å². The molecule has 1 aliphatic heterocycles. The average Bonchev–Trinajstić information content (AvgIpc) is 3.64. The van der Waals surface area contributed by atoms with E-state index in [-0.39, 0.29) is 28.8 Å². The zero-order chi connectivity index (χ0) is 25.4. The van der Waals surface area contributed by atoms with Crippen LogP contribution in [0.5, 0.6) is 5.75 Å². The third kappa shape index (κ3) is 4.29. The number of nitrogens with two attached hydrogens (primary N) is 1. The molecule has 10 heteroatoms. The number of rotatable bonds is 9. The van der Waals surface area contributed by atoms with E-state index in [0.29, 0.717) is 30.9 Å². The molecule has 0 amide bonds. The van der Waals surface area contributed by atoms with Crippen LogP contribution >= 0.6 is 0 Å². The number of hydroxylamine groups is 1. The summed E-state index contributed by atoms with van der Waals surface area (Å²) in [6.07, 6.45) is 4.72. The van der Waals surface area contributed by atoms with Gasteiger partial charge in [-0.15, -0.1) is 0 Å². The summed E-state index contributed by atoms with van der Waals surface area (Å²) < 4.78 is 23.0. The molecule has 1 fully saturated rings. The first-order valence-corrected chi connectivity index (χ1v) is 11.7. The number of carbonyl (C=O) groups is 1. The third-order valence-electron chi connectivity index (χ3n) is 6.57. The van der Waals surface area contributed by atoms with Crippen LogP contribution in [0.4, 0.5) is 10.1 Å². The van der Waals surface area contributed by atoms with Crippen LogP contribution in [0, 0.1) is 11.7 Å². The first-order chi connectivity index (χ1) is 17.4. The van der Waals surface area contributed by atoms with Gasteiger partial charge in [-0.25, -0.2) is 9.18 Å². The Morgan fingerprint density at radius 1 is 1.28 bits per heavy atom. The van der Waals surface area contributed by atoms with Crippen molar-refractivity contribution in [1.82, 2.24) is 10.0 Å². The Morgan fingerprint density at radius 3 is 2.67 bits per heavy atom. The summed E-state index contributed by atoms with van der Waals surface area (Å²) >= 11 is 0. The van der Waals surface area contributed by atoms with Crippen molar-refractivity contribution in [3.8, 4) is 5.75 Å². The van der Waals surface area contributed by atoms with Crippen molar-refractivity contribution in [3.05, 3.63) is 81.7 Å². The summed E-state index contributed by atoms with van der Waals surface area (Å²) in [5, 5.41) is 9.49. The SMILES string of the molecule is COc1c(N2C=C(NOCc3ccccc3)C(CN)C2)c(F)cc2c(=O)c(C(=O)O)cn(C3CC3)c12. The molecule has 4 N–H and O–H groups in total. The lowest BCUT2D eigenvalue weighted by Gasteiger charge is -2.23. The predicted molar refractivity (Wildman–Crippen MR) is 132 cm³/mol. The molecule has 36 heavy (non-hydrogen) atoms. The predicted octanol–water partition coefficient (Wildman–Crippen LogP) is 3.14. The first-order valence-electron chi connectivity index (χ1n) is 11.7. The van der Waals surface area contributed by atoms with Gasteiger partial charge in [-0.05, 0) is 24.5 Å². The smallest absolute Gasteiger partial charge is 0.341 e. The Kier molecular flexibility index (Phi) is 6.38. The van der Waals surface area contributed by atoms with Crippen LogP contribution in [0.2, 0.25) is 0 Å². The minimum atomic E-state index is -1.35. The second kappa shape index (κ2) is 9.63. The number of aromatic nitrogens is 1. The van der Waals surface area contributed by atoms with Crippen LogP contribution in [0.1, 0.15) is 34.8 Å². The van der Waals surface area contributed by atoms with Gasteiger partial charge in [0.2, 0.25) is 5.43 Å². The van der Waals surface area contributed by atoms with Crippen LogP contribution in [-0.4, -0.2) is 35.8 Å². The van der Waals surface area contributed by atoms with Gasteiger partial charge >= 0.3 is 5.97 Å². The standard InChI is InChI=1S/C26H27FN4O5/c1-35-25-22-18(24(32)19(26(33)34)12-31(22)17-7-8-17)9-20(27)23(25)30-11-16(10-28)21(13-30)29-36-14-15-5-3-2-4-6-15/h2-6,9,12-13,16-17,29H,7-8,10-11,14,28H2,1H3,(H,33,34). The number of methoxy groups -OCH3 is 1. The molecule has 0 bridgehead atoms. The molecular formula is C26H27FN4O5. The lowest BCUT2D eigenvalue weighted by Crippen LogP contribution is -2.28. The molecule has 1 atom stereocenters. The van der Waals surface area contributed by atoms with Gasteiger partial charge in [0.1, 0.15) is 11.3 Å². The largest absolute Gasteiger partial charge is 0.492 e. The van der Waals surface area contributed by atoms with Gasteiger partial charge in [0.25, 0.3) is 0 Å². The maximum absolute atomic E-state index is 15.6. The van der Waals surface area contributed by atoms with Crippen LogP contribution in [0.15, 0.2) is 59.3 Å². The molecule has 1 saturated carbocycles. The maximum atomic E-state index is 15.6. The number of hydrogen-bond donors (Lipinski definition) is 3. The summed E-state index contributed by atoms with van der Waals surface area (Å²) in [5.74, 6) is -2.02. The maximum Gasteiger partial charge on any atom is 0.341 e. The van der Waals surface area contributed by atoms with Crippen molar-refractivity contribution >= 4 is 22.6 Å². The fourth-order valence-electron chi connectivity index (χ4n) is 4.60. The third-order valence-corrected chi connectivity index (χ3v) is 6.57. The molecule has 2 heterocycles. The second-order valence-corrected chi connectivity index (χ2v) is 9.00. The number of fused-ring (bicyclic) bond motifs is 1. The monoisotopic (exact) mass is 494 g/mol. The molecule has 1 unspecified atom stereocenters. The van der Waals surface area contributed by atoms with Gasteiger partial charge in [-0.1, -0.05) is 30.3 Å². The minimum Gasteiger partial charge on any atom is -0.492 e. The Labute approximate surface area is 206 Å². The van der Waals surface area contributed by atoms with Crippen molar-refractivity contribution in [2.75, 3.05) is 25.1 Å². The molecule has 1 aliphatic carbocycles. The molecule has 9 nitrogen and oxygen atoms in total. The number of nitrogens with one attached hydrogen (secondary N) is 1. The second-order valence-electron chi connectivity index (χ2n) is 9.00. The van der Waals surface area contributed by atoms with E-state index in [1.807, 2.05) is 30.3 Å². The van der Waals surface area contributed by atoms with Gasteiger partial charge in [0.15, 0.2) is 11.6 Å². The zero-order valence-electron chi connectivity index (χ0n) is 19.7. The highest BCUT2D eigenvalue weighted by Gasteiger charge is 2.33. The van der Waals surface area contributed by atoms with Gasteiger partial charge in [0.05, 0.1) is 30.3 Å². The van der Waals surface area contributed by atoms with Gasteiger partial charge in [-0.2, -0.15) is 0 Å². The number of aromatic carboxylic acids is 1. The van der Waals surface area contributed by atoms with Gasteiger partial charge in [0, 0.05) is 37.4 Å². The van der Waals surface area contributed by atoms with Gasteiger partial charge in [-0.3, -0.25) is 15.1 Å². The van der Waals surface area contributed by atoms with E-state index in [4.69, 9.17) is 15.3 Å². The quantitative estimate of drug-likeness (QED) is 0.388. The fourth-order valence-corrected chi connectivity index (χ4v) is 4.60. The number of carboxylic acids is 1. The lowest BCUT2D eigenvalue weighted by atomic mass is 10.1. The van der Waals surface area contributed by atoms with E-state index in [1.54, 1.807) is 15.7 Å². The highest BCUT2D eigenvalue weighted by atomic mass is 19.1. The molecule has 2 aromatic carbocycles. The van der Waals surface area contributed by atoms with Crippen LogP contribution < -0.4 is 26.3 Å². The molecule has 188 valence electrons. The fraction of sp³-hybridized carbons (Fsp3) is 0.308. The zero-order valence-corrected chi connectivity index (χ0v) is 19.7. The summed E-state index contributed by atoms with van der Waals surface area (Å²) in [4.78, 5) is 31.9. The number of halogens is 1. The summed E-state index contributed by atoms with van der Waals surface area (Å²) in [5.41, 5.74) is 10.0. The minimum absolute atomic E-state index is 0.0212. The number of ether oxygens (including phenoxy) is 1. The molecule has 2 aliphatic rings. The van der Waals surface area contributed by atoms with Gasteiger partial charge < -0.3 is 25.0 Å². The molecular weight excluding hydrogens is 467 g/mol. The summed E-state index contributed by atoms with van der Waals surface area (Å²) in [7, 11) is 1.41. The van der Waals surface area contributed by atoms with E-state index in [9.17, 15) is 14.7 Å². The van der Waals surface area contributed by atoms with Crippen molar-refractivity contribution in [3.63, 3.8) is 0 Å². The highest BCUT2D eigenvalue weighted by molar-refractivity contribution is 5.97. The van der Waals surface area contributed by atoms with Crippen molar-refractivity contribution in [2.24, 2.45) is 11.7 Å². The molecule has 0 radical (unpaired) electrons. The Hall–Kier alpha value is -3.89. The number of nitrogens with zero attached hydrogens (tertiary/aromatic N) is 2.